The molecule has 1 aromatic rings. The van der Waals surface area contributed by atoms with Gasteiger partial charge in [0.15, 0.2) is 0 Å². The lowest BCUT2D eigenvalue weighted by atomic mass is 10.1. The molecule has 0 bridgehead atoms. The number of hydrogen-bond acceptors (Lipinski definition) is 4. The second-order valence-electron chi connectivity index (χ2n) is 4.83. The van der Waals surface area contributed by atoms with Gasteiger partial charge in [0.05, 0.1) is 18.2 Å². The van der Waals surface area contributed by atoms with Gasteiger partial charge < -0.3 is 5.73 Å². The monoisotopic (exact) mass is 258 g/mol. The lowest BCUT2D eigenvalue weighted by molar-refractivity contribution is -0.119. The first kappa shape index (κ1) is 13.5. The van der Waals surface area contributed by atoms with Gasteiger partial charge in [-0.1, -0.05) is 12.1 Å². The van der Waals surface area contributed by atoms with Gasteiger partial charge in [0.2, 0.25) is 5.91 Å². The van der Waals surface area contributed by atoms with E-state index in [0.717, 1.165) is 38.3 Å². The maximum atomic E-state index is 10.8. The van der Waals surface area contributed by atoms with Gasteiger partial charge in [0.25, 0.3) is 0 Å². The summed E-state index contributed by atoms with van der Waals surface area (Å²) in [4.78, 5) is 15.2. The third kappa shape index (κ3) is 4.05. The summed E-state index contributed by atoms with van der Waals surface area (Å²) < 4.78 is 0. The summed E-state index contributed by atoms with van der Waals surface area (Å²) in [5, 5.41) is 8.87. The lowest BCUT2D eigenvalue weighted by Gasteiger charge is -2.34. The molecule has 1 aliphatic heterocycles. The number of benzene rings is 1. The second-order valence-corrected chi connectivity index (χ2v) is 4.83. The molecule has 0 spiro atoms. The largest absolute Gasteiger partial charge is 0.369 e. The fraction of sp³-hybridized carbons (Fsp3) is 0.429. The van der Waals surface area contributed by atoms with E-state index in [1.165, 1.54) is 0 Å². The van der Waals surface area contributed by atoms with E-state index in [2.05, 4.69) is 15.9 Å². The molecule has 1 heterocycles. The van der Waals surface area contributed by atoms with E-state index in [9.17, 15) is 4.79 Å². The Bertz CT molecular complexity index is 486. The summed E-state index contributed by atoms with van der Waals surface area (Å²) >= 11 is 0. The third-order valence-corrected chi connectivity index (χ3v) is 3.31. The summed E-state index contributed by atoms with van der Waals surface area (Å²) in [6.07, 6.45) is 0. The molecular weight excluding hydrogens is 240 g/mol. The van der Waals surface area contributed by atoms with Crippen molar-refractivity contribution in [2.75, 3.05) is 32.7 Å². The van der Waals surface area contributed by atoms with E-state index in [0.29, 0.717) is 12.1 Å². The first-order valence-corrected chi connectivity index (χ1v) is 6.39. The van der Waals surface area contributed by atoms with Gasteiger partial charge in [-0.25, -0.2) is 0 Å². The van der Waals surface area contributed by atoms with Crippen molar-refractivity contribution in [1.82, 2.24) is 9.80 Å². The van der Waals surface area contributed by atoms with Crippen LogP contribution in [0.15, 0.2) is 24.3 Å². The molecule has 0 aromatic heterocycles. The Kier molecular flexibility index (Phi) is 4.50. The summed E-state index contributed by atoms with van der Waals surface area (Å²) in [6, 6.07) is 9.85. The molecule has 2 rings (SSSR count). The van der Waals surface area contributed by atoms with E-state index in [4.69, 9.17) is 11.0 Å². The highest BCUT2D eigenvalue weighted by atomic mass is 16.1. The maximum absolute atomic E-state index is 10.8. The molecule has 19 heavy (non-hydrogen) atoms. The van der Waals surface area contributed by atoms with Gasteiger partial charge in [0, 0.05) is 32.7 Å². The minimum absolute atomic E-state index is 0.268. The highest BCUT2D eigenvalue weighted by Crippen LogP contribution is 2.10. The molecule has 5 nitrogen and oxygen atoms in total. The number of primary amides is 1. The van der Waals surface area contributed by atoms with Gasteiger partial charge in [-0.2, -0.15) is 5.26 Å². The van der Waals surface area contributed by atoms with Crippen LogP contribution in [0.5, 0.6) is 0 Å². The quantitative estimate of drug-likeness (QED) is 0.835. The van der Waals surface area contributed by atoms with Crippen LogP contribution in [0.3, 0.4) is 0 Å². The molecule has 2 N–H and O–H groups in total. The van der Waals surface area contributed by atoms with Crippen LogP contribution < -0.4 is 5.73 Å². The normalized spacial score (nSPS) is 17.0. The van der Waals surface area contributed by atoms with Crippen molar-refractivity contribution in [1.29, 1.82) is 5.26 Å². The number of hydrogen-bond donors (Lipinski definition) is 1. The highest BCUT2D eigenvalue weighted by molar-refractivity contribution is 5.75. The van der Waals surface area contributed by atoms with Gasteiger partial charge in [0.1, 0.15) is 0 Å². The van der Waals surface area contributed by atoms with Crippen molar-refractivity contribution in [2.45, 2.75) is 6.54 Å². The summed E-state index contributed by atoms with van der Waals surface area (Å²) in [5.74, 6) is -0.268. The molecule has 0 radical (unpaired) electrons. The molecular formula is C14H18N4O. The molecule has 0 atom stereocenters. The fourth-order valence-corrected chi connectivity index (χ4v) is 2.32. The van der Waals surface area contributed by atoms with Crippen LogP contribution in [0.25, 0.3) is 0 Å². The highest BCUT2D eigenvalue weighted by Gasteiger charge is 2.17. The van der Waals surface area contributed by atoms with Gasteiger partial charge in [-0.15, -0.1) is 0 Å². The molecule has 1 amide bonds. The number of nitrogens with two attached hydrogens (primary N) is 1. The van der Waals surface area contributed by atoms with E-state index < -0.39 is 0 Å². The number of nitrogens with zero attached hydrogens (tertiary/aromatic N) is 3. The van der Waals surface area contributed by atoms with Crippen LogP contribution in [0.4, 0.5) is 0 Å². The molecule has 1 aromatic carbocycles. The van der Waals surface area contributed by atoms with Gasteiger partial charge >= 0.3 is 0 Å². The maximum Gasteiger partial charge on any atom is 0.231 e. The molecule has 1 aliphatic rings. The zero-order valence-electron chi connectivity index (χ0n) is 10.9. The van der Waals surface area contributed by atoms with Gasteiger partial charge in [-0.3, -0.25) is 14.6 Å². The molecule has 1 fully saturated rings. The van der Waals surface area contributed by atoms with Crippen LogP contribution in [0, 0.1) is 11.3 Å². The SMILES string of the molecule is N#Cc1cccc(CN2CCN(CC(N)=O)CC2)c1. The Morgan fingerprint density at radius 1 is 1.26 bits per heavy atom. The standard InChI is InChI=1S/C14H18N4O/c15-9-12-2-1-3-13(8-12)10-17-4-6-18(7-5-17)11-14(16)19/h1-3,8H,4-7,10-11H2,(H2,16,19). The van der Waals surface area contributed by atoms with E-state index in [1.807, 2.05) is 24.3 Å². The number of carbonyl (C=O) groups excluding carboxylic acids is 1. The first-order valence-electron chi connectivity index (χ1n) is 6.39. The predicted octanol–water partition coefficient (Wildman–Crippen LogP) is 0.161. The van der Waals surface area contributed by atoms with E-state index in [1.54, 1.807) is 0 Å². The summed E-state index contributed by atoms with van der Waals surface area (Å²) in [7, 11) is 0. The van der Waals surface area contributed by atoms with Crippen molar-refractivity contribution in [3.63, 3.8) is 0 Å². The minimum Gasteiger partial charge on any atom is -0.369 e. The second kappa shape index (κ2) is 6.32. The van der Waals surface area contributed by atoms with Crippen molar-refractivity contribution in [3.05, 3.63) is 35.4 Å². The van der Waals surface area contributed by atoms with Crippen LogP contribution in [0.2, 0.25) is 0 Å². The number of nitriles is 1. The Balaban J connectivity index is 1.85. The van der Waals surface area contributed by atoms with Crippen molar-refractivity contribution >= 4 is 5.91 Å². The summed E-state index contributed by atoms with van der Waals surface area (Å²) in [6.45, 7) is 4.76. The topological polar surface area (TPSA) is 73.4 Å². The summed E-state index contributed by atoms with van der Waals surface area (Å²) in [5.41, 5.74) is 7.04. The van der Waals surface area contributed by atoms with E-state index in [-0.39, 0.29) is 5.91 Å². The molecule has 0 saturated carbocycles. The predicted molar refractivity (Wildman–Crippen MR) is 72.1 cm³/mol. The third-order valence-electron chi connectivity index (χ3n) is 3.31. The smallest absolute Gasteiger partial charge is 0.231 e. The van der Waals surface area contributed by atoms with Crippen LogP contribution in [0.1, 0.15) is 11.1 Å². The molecule has 0 aliphatic carbocycles. The average molecular weight is 258 g/mol. The Morgan fingerprint density at radius 2 is 1.95 bits per heavy atom. The number of rotatable bonds is 4. The van der Waals surface area contributed by atoms with Gasteiger partial charge in [-0.05, 0) is 17.7 Å². The zero-order chi connectivity index (χ0) is 13.7. The molecule has 100 valence electrons. The van der Waals surface area contributed by atoms with Crippen molar-refractivity contribution in [2.24, 2.45) is 5.73 Å². The number of carbonyl (C=O) groups is 1. The average Bonchev–Trinajstić information content (AvgIpc) is 2.41. The first-order chi connectivity index (χ1) is 9.17. The lowest BCUT2D eigenvalue weighted by Crippen LogP contribution is -2.48. The minimum atomic E-state index is -0.268. The number of piperazine rings is 1. The van der Waals surface area contributed by atoms with Crippen LogP contribution in [-0.2, 0) is 11.3 Å². The van der Waals surface area contributed by atoms with E-state index >= 15 is 0 Å². The van der Waals surface area contributed by atoms with Crippen LogP contribution in [-0.4, -0.2) is 48.4 Å². The Hall–Kier alpha value is -1.90. The Morgan fingerprint density at radius 3 is 2.58 bits per heavy atom. The molecule has 0 unspecified atom stereocenters. The zero-order valence-corrected chi connectivity index (χ0v) is 10.9. The number of amides is 1. The molecule has 1 saturated heterocycles. The van der Waals surface area contributed by atoms with Crippen molar-refractivity contribution in [3.8, 4) is 6.07 Å². The molecule has 5 heteroatoms. The van der Waals surface area contributed by atoms with Crippen LogP contribution >= 0.6 is 0 Å². The Labute approximate surface area is 113 Å². The van der Waals surface area contributed by atoms with Crippen molar-refractivity contribution < 1.29 is 4.79 Å². The fourth-order valence-electron chi connectivity index (χ4n) is 2.32.